The molecule has 0 aromatic carbocycles. The van der Waals surface area contributed by atoms with Gasteiger partial charge in [0.05, 0.1) is 25.9 Å². The second-order valence-corrected chi connectivity index (χ2v) is 3.23. The molecule has 0 spiro atoms. The van der Waals surface area contributed by atoms with Gasteiger partial charge >= 0.3 is 0 Å². The minimum absolute atomic E-state index is 0.183. The number of hydrogen-bond acceptors (Lipinski definition) is 4. The van der Waals surface area contributed by atoms with Crippen LogP contribution < -0.4 is 0 Å². The summed E-state index contributed by atoms with van der Waals surface area (Å²) in [5.41, 5.74) is 0. The first-order valence-electron chi connectivity index (χ1n) is 4.68. The fourth-order valence-electron chi connectivity index (χ4n) is 1.45. The standard InChI is InChI=1S/C9H19NO3/c1-11-8-9(12-2)7-10-3-5-13-6-4-10/h9H,3-8H2,1-2H3. The Morgan fingerprint density at radius 1 is 1.31 bits per heavy atom. The fourth-order valence-corrected chi connectivity index (χ4v) is 1.45. The lowest BCUT2D eigenvalue weighted by Gasteiger charge is -2.29. The van der Waals surface area contributed by atoms with Crippen LogP contribution in [0.4, 0.5) is 0 Å². The summed E-state index contributed by atoms with van der Waals surface area (Å²) in [5, 5.41) is 0. The van der Waals surface area contributed by atoms with E-state index in [0.29, 0.717) is 6.61 Å². The van der Waals surface area contributed by atoms with E-state index in [2.05, 4.69) is 4.90 Å². The maximum Gasteiger partial charge on any atom is 0.0931 e. The normalized spacial score (nSPS) is 21.7. The molecule has 0 aromatic rings. The number of morpholine rings is 1. The zero-order chi connectivity index (χ0) is 9.52. The van der Waals surface area contributed by atoms with Crippen molar-refractivity contribution in [3.05, 3.63) is 0 Å². The summed E-state index contributed by atoms with van der Waals surface area (Å²) < 4.78 is 15.6. The molecule has 1 saturated heterocycles. The first-order valence-corrected chi connectivity index (χ1v) is 4.68. The van der Waals surface area contributed by atoms with Crippen molar-refractivity contribution in [2.24, 2.45) is 0 Å². The fraction of sp³-hybridized carbons (Fsp3) is 1.00. The first kappa shape index (κ1) is 10.9. The number of hydrogen-bond donors (Lipinski definition) is 0. The van der Waals surface area contributed by atoms with Gasteiger partial charge in [0.25, 0.3) is 0 Å². The summed E-state index contributed by atoms with van der Waals surface area (Å²) in [6.07, 6.45) is 0.183. The van der Waals surface area contributed by atoms with Crippen LogP contribution in [0, 0.1) is 0 Å². The van der Waals surface area contributed by atoms with Gasteiger partial charge in [0.2, 0.25) is 0 Å². The Bertz CT molecular complexity index is 123. The van der Waals surface area contributed by atoms with Gasteiger partial charge in [0.15, 0.2) is 0 Å². The smallest absolute Gasteiger partial charge is 0.0931 e. The van der Waals surface area contributed by atoms with Crippen molar-refractivity contribution in [2.75, 3.05) is 53.7 Å². The third-order valence-corrected chi connectivity index (χ3v) is 2.25. The lowest BCUT2D eigenvalue weighted by Crippen LogP contribution is -2.42. The predicted octanol–water partition coefficient (Wildman–Crippen LogP) is -0.0200. The van der Waals surface area contributed by atoms with Crippen LogP contribution >= 0.6 is 0 Å². The van der Waals surface area contributed by atoms with Crippen molar-refractivity contribution >= 4 is 0 Å². The van der Waals surface area contributed by atoms with Crippen molar-refractivity contribution in [1.82, 2.24) is 4.90 Å². The lowest BCUT2D eigenvalue weighted by molar-refractivity contribution is -0.0223. The Morgan fingerprint density at radius 3 is 2.54 bits per heavy atom. The molecule has 1 rings (SSSR count). The van der Waals surface area contributed by atoms with Crippen molar-refractivity contribution < 1.29 is 14.2 Å². The molecule has 1 heterocycles. The van der Waals surface area contributed by atoms with Gasteiger partial charge in [-0.3, -0.25) is 4.90 Å². The number of rotatable bonds is 5. The van der Waals surface area contributed by atoms with Crippen molar-refractivity contribution in [2.45, 2.75) is 6.10 Å². The maximum atomic E-state index is 5.29. The van der Waals surface area contributed by atoms with E-state index >= 15 is 0 Å². The average molecular weight is 189 g/mol. The molecule has 1 aliphatic rings. The van der Waals surface area contributed by atoms with Gasteiger partial charge in [-0.1, -0.05) is 0 Å². The molecule has 1 unspecified atom stereocenters. The molecule has 0 aliphatic carbocycles. The molecule has 0 bridgehead atoms. The average Bonchev–Trinajstić information content (AvgIpc) is 2.19. The Labute approximate surface area is 79.8 Å². The minimum atomic E-state index is 0.183. The van der Waals surface area contributed by atoms with Gasteiger partial charge < -0.3 is 14.2 Å². The molecule has 4 heteroatoms. The lowest BCUT2D eigenvalue weighted by atomic mass is 10.3. The molecule has 0 aromatic heterocycles. The van der Waals surface area contributed by atoms with E-state index in [0.717, 1.165) is 32.8 Å². The Hall–Kier alpha value is -0.160. The van der Waals surface area contributed by atoms with Crippen LogP contribution in [-0.2, 0) is 14.2 Å². The van der Waals surface area contributed by atoms with Crippen LogP contribution in [-0.4, -0.2) is 64.7 Å². The minimum Gasteiger partial charge on any atom is -0.382 e. The highest BCUT2D eigenvalue weighted by Gasteiger charge is 2.15. The molecule has 78 valence electrons. The van der Waals surface area contributed by atoms with Crippen molar-refractivity contribution in [1.29, 1.82) is 0 Å². The maximum absolute atomic E-state index is 5.29. The van der Waals surface area contributed by atoms with E-state index < -0.39 is 0 Å². The summed E-state index contributed by atoms with van der Waals surface area (Å²) in [4.78, 5) is 2.34. The molecule has 0 amide bonds. The zero-order valence-electron chi connectivity index (χ0n) is 8.49. The van der Waals surface area contributed by atoms with E-state index in [9.17, 15) is 0 Å². The number of ether oxygens (including phenoxy) is 3. The van der Waals surface area contributed by atoms with Gasteiger partial charge in [0, 0.05) is 33.9 Å². The third-order valence-electron chi connectivity index (χ3n) is 2.25. The second-order valence-electron chi connectivity index (χ2n) is 3.23. The van der Waals surface area contributed by atoms with Gasteiger partial charge in [-0.15, -0.1) is 0 Å². The molecule has 4 nitrogen and oxygen atoms in total. The van der Waals surface area contributed by atoms with Gasteiger partial charge in [0.1, 0.15) is 0 Å². The highest BCUT2D eigenvalue weighted by molar-refractivity contribution is 4.67. The predicted molar refractivity (Wildman–Crippen MR) is 49.9 cm³/mol. The molecule has 1 fully saturated rings. The Balaban J connectivity index is 2.18. The van der Waals surface area contributed by atoms with Gasteiger partial charge in [-0.2, -0.15) is 0 Å². The van der Waals surface area contributed by atoms with E-state index in [1.165, 1.54) is 0 Å². The molecular formula is C9H19NO3. The summed E-state index contributed by atoms with van der Waals surface area (Å²) in [6, 6.07) is 0. The van der Waals surface area contributed by atoms with Crippen LogP contribution in [0.15, 0.2) is 0 Å². The van der Waals surface area contributed by atoms with E-state index in [-0.39, 0.29) is 6.10 Å². The largest absolute Gasteiger partial charge is 0.382 e. The van der Waals surface area contributed by atoms with Crippen molar-refractivity contribution in [3.8, 4) is 0 Å². The zero-order valence-corrected chi connectivity index (χ0v) is 8.49. The second kappa shape index (κ2) is 6.32. The summed E-state index contributed by atoms with van der Waals surface area (Å²) in [7, 11) is 3.43. The van der Waals surface area contributed by atoms with Crippen LogP contribution in [0.3, 0.4) is 0 Å². The molecule has 0 radical (unpaired) electrons. The van der Waals surface area contributed by atoms with E-state index in [1.54, 1.807) is 14.2 Å². The highest BCUT2D eigenvalue weighted by Crippen LogP contribution is 2.00. The SMILES string of the molecule is COCC(CN1CCOCC1)OC. The molecule has 0 saturated carbocycles. The quantitative estimate of drug-likeness (QED) is 0.608. The number of methoxy groups -OCH3 is 2. The Kier molecular flexibility index (Phi) is 5.31. The van der Waals surface area contributed by atoms with Crippen LogP contribution in [0.1, 0.15) is 0 Å². The van der Waals surface area contributed by atoms with Crippen LogP contribution in [0.2, 0.25) is 0 Å². The van der Waals surface area contributed by atoms with Gasteiger partial charge in [-0.05, 0) is 0 Å². The van der Waals surface area contributed by atoms with Crippen LogP contribution in [0.25, 0.3) is 0 Å². The molecule has 0 N–H and O–H groups in total. The summed E-state index contributed by atoms with van der Waals surface area (Å²) >= 11 is 0. The molecular weight excluding hydrogens is 170 g/mol. The summed E-state index contributed by atoms with van der Waals surface area (Å²) in [6.45, 7) is 5.28. The van der Waals surface area contributed by atoms with E-state index in [4.69, 9.17) is 14.2 Å². The highest BCUT2D eigenvalue weighted by atomic mass is 16.5. The first-order chi connectivity index (χ1) is 6.36. The molecule has 13 heavy (non-hydrogen) atoms. The topological polar surface area (TPSA) is 30.9 Å². The molecule has 1 aliphatic heterocycles. The third kappa shape index (κ3) is 4.04. The van der Waals surface area contributed by atoms with E-state index in [1.807, 2.05) is 0 Å². The van der Waals surface area contributed by atoms with Crippen LogP contribution in [0.5, 0.6) is 0 Å². The summed E-state index contributed by atoms with van der Waals surface area (Å²) in [5.74, 6) is 0. The Morgan fingerprint density at radius 2 is 2.00 bits per heavy atom. The molecule has 1 atom stereocenters. The van der Waals surface area contributed by atoms with Gasteiger partial charge in [-0.25, -0.2) is 0 Å². The monoisotopic (exact) mass is 189 g/mol. The van der Waals surface area contributed by atoms with Crippen molar-refractivity contribution in [3.63, 3.8) is 0 Å². The number of nitrogens with zero attached hydrogens (tertiary/aromatic N) is 1.